The Morgan fingerprint density at radius 3 is 2.71 bits per heavy atom. The molecule has 8 heteroatoms. The van der Waals surface area contributed by atoms with Crippen molar-refractivity contribution in [2.24, 2.45) is 5.92 Å². The van der Waals surface area contributed by atoms with Crippen LogP contribution in [0.2, 0.25) is 0 Å². The van der Waals surface area contributed by atoms with Gasteiger partial charge in [-0.05, 0) is 63.1 Å². The second kappa shape index (κ2) is 12.5. The van der Waals surface area contributed by atoms with Crippen molar-refractivity contribution >= 4 is 17.8 Å². The molecule has 3 saturated heterocycles. The van der Waals surface area contributed by atoms with Crippen LogP contribution in [0.15, 0.2) is 30.3 Å². The molecule has 4 rings (SSSR count). The number of nitrogens with zero attached hydrogens (tertiary/aromatic N) is 3. The molecule has 3 aliphatic rings. The van der Waals surface area contributed by atoms with E-state index in [4.69, 9.17) is 4.74 Å². The minimum Gasteiger partial charge on any atom is -0.385 e. The SMILES string of the molecule is COCCCN(C[C@@H]1CCCN2CCCC[C@H]12)C(=O)C[C@@H]1NC(=O)N(CCc2ccccc2)C1=O. The van der Waals surface area contributed by atoms with Gasteiger partial charge < -0.3 is 19.9 Å². The van der Waals surface area contributed by atoms with E-state index in [0.717, 1.165) is 24.9 Å². The van der Waals surface area contributed by atoms with E-state index >= 15 is 0 Å². The quantitative estimate of drug-likeness (QED) is 0.386. The molecule has 0 saturated carbocycles. The summed E-state index contributed by atoms with van der Waals surface area (Å²) < 4.78 is 5.23. The number of carbonyl (C=O) groups excluding carboxylic acids is 3. The number of ether oxygens (including phenoxy) is 1. The zero-order valence-corrected chi connectivity index (χ0v) is 21.0. The summed E-state index contributed by atoms with van der Waals surface area (Å²) in [6, 6.07) is 9.16. The van der Waals surface area contributed by atoms with Crippen molar-refractivity contribution < 1.29 is 19.1 Å². The maximum absolute atomic E-state index is 13.4. The van der Waals surface area contributed by atoms with Crippen molar-refractivity contribution in [2.45, 2.75) is 63.5 Å². The number of imide groups is 1. The smallest absolute Gasteiger partial charge is 0.324 e. The van der Waals surface area contributed by atoms with Crippen molar-refractivity contribution in [2.75, 3.05) is 46.4 Å². The van der Waals surface area contributed by atoms with Crippen LogP contribution in [0, 0.1) is 5.92 Å². The fraction of sp³-hybridized carbons (Fsp3) is 0.667. The molecule has 1 aromatic rings. The first-order valence-electron chi connectivity index (χ1n) is 13.2. The molecule has 0 bridgehead atoms. The monoisotopic (exact) mass is 484 g/mol. The summed E-state index contributed by atoms with van der Waals surface area (Å²) in [5.74, 6) is 0.108. The third-order valence-electron chi connectivity index (χ3n) is 7.77. The van der Waals surface area contributed by atoms with Gasteiger partial charge in [0.2, 0.25) is 5.91 Å². The number of nitrogens with one attached hydrogen (secondary N) is 1. The number of benzene rings is 1. The van der Waals surface area contributed by atoms with E-state index in [0.29, 0.717) is 38.1 Å². The summed E-state index contributed by atoms with van der Waals surface area (Å²) in [6.45, 7) is 4.58. The Morgan fingerprint density at radius 1 is 1.11 bits per heavy atom. The lowest BCUT2D eigenvalue weighted by Gasteiger charge is -2.45. The van der Waals surface area contributed by atoms with Gasteiger partial charge in [-0.3, -0.25) is 14.5 Å². The molecule has 8 nitrogen and oxygen atoms in total. The molecule has 0 aliphatic carbocycles. The molecule has 0 radical (unpaired) electrons. The summed E-state index contributed by atoms with van der Waals surface area (Å²) in [5, 5.41) is 2.75. The van der Waals surface area contributed by atoms with E-state index in [1.54, 1.807) is 7.11 Å². The Morgan fingerprint density at radius 2 is 1.91 bits per heavy atom. The predicted molar refractivity (Wildman–Crippen MR) is 134 cm³/mol. The predicted octanol–water partition coefficient (Wildman–Crippen LogP) is 2.67. The molecule has 3 atom stereocenters. The minimum absolute atomic E-state index is 0.0144. The number of urea groups is 1. The molecule has 4 amide bonds. The molecule has 1 aromatic carbocycles. The van der Waals surface area contributed by atoms with Crippen molar-refractivity contribution in [3.8, 4) is 0 Å². The largest absolute Gasteiger partial charge is 0.385 e. The average Bonchev–Trinajstić information content (AvgIpc) is 3.14. The zero-order valence-electron chi connectivity index (χ0n) is 21.0. The van der Waals surface area contributed by atoms with Crippen molar-refractivity contribution in [1.29, 1.82) is 0 Å². The highest BCUT2D eigenvalue weighted by molar-refractivity contribution is 6.05. The van der Waals surface area contributed by atoms with Gasteiger partial charge in [-0.2, -0.15) is 0 Å². The van der Waals surface area contributed by atoms with Crippen molar-refractivity contribution in [3.63, 3.8) is 0 Å². The van der Waals surface area contributed by atoms with Gasteiger partial charge in [-0.1, -0.05) is 36.8 Å². The molecule has 3 heterocycles. The Hall–Kier alpha value is -2.45. The van der Waals surface area contributed by atoms with Gasteiger partial charge in [0, 0.05) is 39.4 Å². The Kier molecular flexibility index (Phi) is 9.15. The number of carbonyl (C=O) groups is 3. The van der Waals surface area contributed by atoms with Gasteiger partial charge in [0.05, 0.1) is 6.42 Å². The number of amides is 4. The number of hydrogen-bond acceptors (Lipinski definition) is 5. The molecular weight excluding hydrogens is 444 g/mol. The number of piperidine rings is 2. The van der Waals surface area contributed by atoms with Gasteiger partial charge in [0.1, 0.15) is 6.04 Å². The van der Waals surface area contributed by atoms with E-state index in [-0.39, 0.29) is 18.2 Å². The van der Waals surface area contributed by atoms with Crippen LogP contribution in [0.3, 0.4) is 0 Å². The molecule has 0 spiro atoms. The molecule has 0 aromatic heterocycles. The second-order valence-corrected chi connectivity index (χ2v) is 10.1. The van der Waals surface area contributed by atoms with Gasteiger partial charge in [-0.15, -0.1) is 0 Å². The van der Waals surface area contributed by atoms with Gasteiger partial charge in [0.25, 0.3) is 5.91 Å². The lowest BCUT2D eigenvalue weighted by atomic mass is 9.83. The Balaban J connectivity index is 1.36. The van der Waals surface area contributed by atoms with E-state index in [1.807, 2.05) is 35.2 Å². The minimum atomic E-state index is -0.784. The van der Waals surface area contributed by atoms with Crippen LogP contribution >= 0.6 is 0 Å². The van der Waals surface area contributed by atoms with Crippen LogP contribution in [-0.4, -0.2) is 91.1 Å². The van der Waals surface area contributed by atoms with Crippen LogP contribution in [-0.2, 0) is 20.7 Å². The number of hydrogen-bond donors (Lipinski definition) is 1. The van der Waals surface area contributed by atoms with Gasteiger partial charge in [0.15, 0.2) is 0 Å². The normalized spacial score (nSPS) is 24.8. The lowest BCUT2D eigenvalue weighted by Crippen LogP contribution is -2.52. The molecule has 35 heavy (non-hydrogen) atoms. The third kappa shape index (κ3) is 6.61. The molecule has 3 aliphatic heterocycles. The van der Waals surface area contributed by atoms with Crippen LogP contribution in [0.4, 0.5) is 4.79 Å². The topological polar surface area (TPSA) is 82.2 Å². The fourth-order valence-electron chi connectivity index (χ4n) is 5.91. The van der Waals surface area contributed by atoms with Gasteiger partial charge >= 0.3 is 6.03 Å². The highest BCUT2D eigenvalue weighted by Crippen LogP contribution is 2.31. The van der Waals surface area contributed by atoms with Crippen molar-refractivity contribution in [3.05, 3.63) is 35.9 Å². The number of methoxy groups -OCH3 is 1. The Labute approximate surface area is 209 Å². The van der Waals surface area contributed by atoms with E-state index in [1.165, 1.54) is 43.7 Å². The van der Waals surface area contributed by atoms with Crippen LogP contribution in [0.5, 0.6) is 0 Å². The number of fused-ring (bicyclic) bond motifs is 1. The third-order valence-corrected chi connectivity index (χ3v) is 7.77. The van der Waals surface area contributed by atoms with Crippen molar-refractivity contribution in [1.82, 2.24) is 20.0 Å². The fourth-order valence-corrected chi connectivity index (χ4v) is 5.91. The standard InChI is InChI=1S/C27H40N4O4/c1-35-18-8-16-30(20-22-11-7-15-29-14-6-5-12-24(22)29)25(32)19-23-26(33)31(27(34)28-23)17-13-21-9-3-2-4-10-21/h2-4,9-10,22-24H,5-8,11-20H2,1H3,(H,28,34)/t22-,23-,24+/m0/s1. The van der Waals surface area contributed by atoms with Crippen LogP contribution < -0.4 is 5.32 Å². The van der Waals surface area contributed by atoms with E-state index in [9.17, 15) is 14.4 Å². The lowest BCUT2D eigenvalue weighted by molar-refractivity contribution is -0.136. The first-order chi connectivity index (χ1) is 17.1. The first-order valence-corrected chi connectivity index (χ1v) is 13.2. The summed E-state index contributed by atoms with van der Waals surface area (Å²) in [4.78, 5) is 44.7. The van der Waals surface area contributed by atoms with Gasteiger partial charge in [-0.25, -0.2) is 4.79 Å². The molecule has 1 N–H and O–H groups in total. The highest BCUT2D eigenvalue weighted by atomic mass is 16.5. The maximum atomic E-state index is 13.4. The summed E-state index contributed by atoms with van der Waals surface area (Å²) in [6.07, 6.45) is 7.43. The molecule has 0 unspecified atom stereocenters. The average molecular weight is 485 g/mol. The second-order valence-electron chi connectivity index (χ2n) is 10.1. The summed E-state index contributed by atoms with van der Waals surface area (Å²) in [7, 11) is 1.67. The molecular formula is C27H40N4O4. The highest BCUT2D eigenvalue weighted by Gasteiger charge is 2.40. The maximum Gasteiger partial charge on any atom is 0.324 e. The van der Waals surface area contributed by atoms with E-state index < -0.39 is 12.1 Å². The van der Waals surface area contributed by atoms with Crippen LogP contribution in [0.1, 0.15) is 50.5 Å². The number of rotatable bonds is 11. The zero-order chi connectivity index (χ0) is 24.6. The first kappa shape index (κ1) is 25.6. The Bertz CT molecular complexity index is 862. The van der Waals surface area contributed by atoms with E-state index in [2.05, 4.69) is 10.2 Å². The summed E-state index contributed by atoms with van der Waals surface area (Å²) in [5.41, 5.74) is 1.07. The van der Waals surface area contributed by atoms with Crippen LogP contribution in [0.25, 0.3) is 0 Å². The molecule has 3 fully saturated rings. The molecule has 192 valence electrons. The summed E-state index contributed by atoms with van der Waals surface area (Å²) >= 11 is 0.